The van der Waals surface area contributed by atoms with Gasteiger partial charge in [-0.2, -0.15) is 0 Å². The first-order valence-corrected chi connectivity index (χ1v) is 5.03. The van der Waals surface area contributed by atoms with Crippen molar-refractivity contribution in [3.63, 3.8) is 0 Å². The first-order valence-electron chi connectivity index (χ1n) is 4.04. The Morgan fingerprint density at radius 1 is 1.64 bits per heavy atom. The van der Waals surface area contributed by atoms with Gasteiger partial charge in [0.1, 0.15) is 6.29 Å². The SMILES string of the molecule is C=CCCC1(C=O)CCCS1. The number of aldehydes is 1. The monoisotopic (exact) mass is 170 g/mol. The van der Waals surface area contributed by atoms with Gasteiger partial charge in [-0.1, -0.05) is 6.08 Å². The van der Waals surface area contributed by atoms with Gasteiger partial charge in [0.2, 0.25) is 0 Å². The van der Waals surface area contributed by atoms with E-state index in [2.05, 4.69) is 6.58 Å². The fourth-order valence-corrected chi connectivity index (χ4v) is 2.73. The van der Waals surface area contributed by atoms with Crippen LogP contribution in [-0.4, -0.2) is 16.8 Å². The molecule has 1 fully saturated rings. The van der Waals surface area contributed by atoms with Crippen LogP contribution in [0.15, 0.2) is 12.7 Å². The quantitative estimate of drug-likeness (QED) is 0.476. The Kier molecular flexibility index (Phi) is 3.18. The van der Waals surface area contributed by atoms with E-state index in [4.69, 9.17) is 0 Å². The summed E-state index contributed by atoms with van der Waals surface area (Å²) >= 11 is 1.81. The van der Waals surface area contributed by atoms with Crippen LogP contribution >= 0.6 is 11.8 Å². The van der Waals surface area contributed by atoms with E-state index < -0.39 is 0 Å². The Labute approximate surface area is 72.2 Å². The Hall–Kier alpha value is -0.240. The molecule has 1 aliphatic heterocycles. The summed E-state index contributed by atoms with van der Waals surface area (Å²) in [4.78, 5) is 10.8. The fourth-order valence-electron chi connectivity index (χ4n) is 1.41. The summed E-state index contributed by atoms with van der Waals surface area (Å²) in [5.74, 6) is 1.15. The Morgan fingerprint density at radius 2 is 2.45 bits per heavy atom. The van der Waals surface area contributed by atoms with Gasteiger partial charge in [-0.3, -0.25) is 0 Å². The molecule has 0 aromatic heterocycles. The van der Waals surface area contributed by atoms with E-state index in [1.165, 1.54) is 6.42 Å². The third kappa shape index (κ3) is 2.09. The van der Waals surface area contributed by atoms with Crippen molar-refractivity contribution in [2.75, 3.05) is 5.75 Å². The molecule has 1 nitrogen and oxygen atoms in total. The molecule has 0 saturated carbocycles. The lowest BCUT2D eigenvalue weighted by molar-refractivity contribution is -0.110. The Morgan fingerprint density at radius 3 is 2.91 bits per heavy atom. The van der Waals surface area contributed by atoms with Crippen LogP contribution in [0.2, 0.25) is 0 Å². The predicted octanol–water partition coefficient (Wildman–Crippen LogP) is 2.42. The van der Waals surface area contributed by atoms with Crippen molar-refractivity contribution in [3.8, 4) is 0 Å². The lowest BCUT2D eigenvalue weighted by Gasteiger charge is -2.19. The molecule has 2 heteroatoms. The van der Waals surface area contributed by atoms with Crippen LogP contribution in [0.25, 0.3) is 0 Å². The molecule has 0 bridgehead atoms. The van der Waals surface area contributed by atoms with Gasteiger partial charge in [-0.05, 0) is 31.4 Å². The highest BCUT2D eigenvalue weighted by molar-refractivity contribution is 8.01. The van der Waals surface area contributed by atoms with Crippen LogP contribution in [0.1, 0.15) is 25.7 Å². The van der Waals surface area contributed by atoms with Crippen LogP contribution in [0.4, 0.5) is 0 Å². The number of allylic oxidation sites excluding steroid dienone is 1. The maximum absolute atomic E-state index is 10.8. The average molecular weight is 170 g/mol. The zero-order chi connectivity index (χ0) is 8.16. The van der Waals surface area contributed by atoms with Crippen LogP contribution in [0.3, 0.4) is 0 Å². The van der Waals surface area contributed by atoms with Gasteiger partial charge in [0.05, 0.1) is 4.75 Å². The molecule has 1 rings (SSSR count). The predicted molar refractivity (Wildman–Crippen MR) is 49.9 cm³/mol. The van der Waals surface area contributed by atoms with E-state index in [0.717, 1.165) is 31.3 Å². The second-order valence-electron chi connectivity index (χ2n) is 2.96. The summed E-state index contributed by atoms with van der Waals surface area (Å²) in [6.45, 7) is 3.66. The summed E-state index contributed by atoms with van der Waals surface area (Å²) < 4.78 is -0.0474. The van der Waals surface area contributed by atoms with Crippen LogP contribution in [-0.2, 0) is 4.79 Å². The van der Waals surface area contributed by atoms with Crippen molar-refractivity contribution in [2.45, 2.75) is 30.4 Å². The first-order chi connectivity index (χ1) is 5.33. The van der Waals surface area contributed by atoms with Gasteiger partial charge in [0.25, 0.3) is 0 Å². The highest BCUT2D eigenvalue weighted by atomic mass is 32.2. The minimum atomic E-state index is -0.0474. The highest BCUT2D eigenvalue weighted by Crippen LogP contribution is 2.39. The molecule has 11 heavy (non-hydrogen) atoms. The normalized spacial score (nSPS) is 30.2. The fraction of sp³-hybridized carbons (Fsp3) is 0.667. The summed E-state index contributed by atoms with van der Waals surface area (Å²) in [5, 5.41) is 0. The topological polar surface area (TPSA) is 17.1 Å². The Bertz CT molecular complexity index is 148. The molecule has 0 radical (unpaired) electrons. The smallest absolute Gasteiger partial charge is 0.136 e. The average Bonchev–Trinajstić information content (AvgIpc) is 2.50. The molecule has 0 aliphatic carbocycles. The van der Waals surface area contributed by atoms with Gasteiger partial charge < -0.3 is 4.79 Å². The molecule has 1 unspecified atom stereocenters. The molecule has 0 amide bonds. The van der Waals surface area contributed by atoms with E-state index in [1.54, 1.807) is 0 Å². The van der Waals surface area contributed by atoms with Gasteiger partial charge in [0, 0.05) is 0 Å². The summed E-state index contributed by atoms with van der Waals surface area (Å²) in [6, 6.07) is 0. The second-order valence-corrected chi connectivity index (χ2v) is 4.47. The van der Waals surface area contributed by atoms with E-state index in [-0.39, 0.29) is 4.75 Å². The number of carbonyl (C=O) groups is 1. The van der Waals surface area contributed by atoms with Crippen molar-refractivity contribution < 1.29 is 4.79 Å². The minimum absolute atomic E-state index is 0.0474. The van der Waals surface area contributed by atoms with Crippen LogP contribution < -0.4 is 0 Å². The molecule has 1 heterocycles. The zero-order valence-corrected chi connectivity index (χ0v) is 7.53. The maximum Gasteiger partial charge on any atom is 0.136 e. The number of thioether (sulfide) groups is 1. The van der Waals surface area contributed by atoms with Crippen molar-refractivity contribution >= 4 is 18.0 Å². The number of carbonyl (C=O) groups excluding carboxylic acids is 1. The van der Waals surface area contributed by atoms with Gasteiger partial charge in [0.15, 0.2) is 0 Å². The van der Waals surface area contributed by atoms with Crippen molar-refractivity contribution in [1.29, 1.82) is 0 Å². The number of hydrogen-bond donors (Lipinski definition) is 0. The molecule has 62 valence electrons. The van der Waals surface area contributed by atoms with E-state index in [0.29, 0.717) is 0 Å². The van der Waals surface area contributed by atoms with E-state index in [9.17, 15) is 4.79 Å². The van der Waals surface area contributed by atoms with Crippen molar-refractivity contribution in [2.24, 2.45) is 0 Å². The lowest BCUT2D eigenvalue weighted by atomic mass is 9.99. The molecular weight excluding hydrogens is 156 g/mol. The number of hydrogen-bond acceptors (Lipinski definition) is 2. The molecule has 1 aliphatic rings. The third-order valence-corrected chi connectivity index (χ3v) is 3.69. The first kappa shape index (κ1) is 8.85. The van der Waals surface area contributed by atoms with E-state index >= 15 is 0 Å². The standard InChI is InChI=1S/C9H14OS/c1-2-3-5-9(8-10)6-4-7-11-9/h2,8H,1,3-7H2. The largest absolute Gasteiger partial charge is 0.302 e. The van der Waals surface area contributed by atoms with Gasteiger partial charge in [-0.15, -0.1) is 18.3 Å². The van der Waals surface area contributed by atoms with Gasteiger partial charge in [-0.25, -0.2) is 0 Å². The van der Waals surface area contributed by atoms with Crippen LogP contribution in [0.5, 0.6) is 0 Å². The summed E-state index contributed by atoms with van der Waals surface area (Å²) in [5.41, 5.74) is 0. The van der Waals surface area contributed by atoms with Crippen molar-refractivity contribution in [1.82, 2.24) is 0 Å². The molecule has 0 aromatic rings. The summed E-state index contributed by atoms with van der Waals surface area (Å²) in [6.07, 6.45) is 7.23. The molecule has 1 atom stereocenters. The molecule has 0 aromatic carbocycles. The number of rotatable bonds is 4. The highest BCUT2D eigenvalue weighted by Gasteiger charge is 2.33. The molecule has 0 N–H and O–H groups in total. The lowest BCUT2D eigenvalue weighted by Crippen LogP contribution is -2.22. The van der Waals surface area contributed by atoms with Crippen LogP contribution in [0, 0.1) is 0 Å². The Balaban J connectivity index is 2.45. The molecule has 0 spiro atoms. The van der Waals surface area contributed by atoms with E-state index in [1.807, 2.05) is 17.8 Å². The minimum Gasteiger partial charge on any atom is -0.302 e. The van der Waals surface area contributed by atoms with Crippen molar-refractivity contribution in [3.05, 3.63) is 12.7 Å². The third-order valence-electron chi connectivity index (χ3n) is 2.12. The summed E-state index contributed by atoms with van der Waals surface area (Å²) in [7, 11) is 0. The molecular formula is C9H14OS. The molecule has 1 saturated heterocycles. The second kappa shape index (κ2) is 3.96. The zero-order valence-electron chi connectivity index (χ0n) is 6.71. The van der Waals surface area contributed by atoms with Gasteiger partial charge >= 0.3 is 0 Å². The maximum atomic E-state index is 10.8.